The summed E-state index contributed by atoms with van der Waals surface area (Å²) in [6.07, 6.45) is 1.78. The molecule has 0 unspecified atom stereocenters. The molecule has 1 aromatic carbocycles. The summed E-state index contributed by atoms with van der Waals surface area (Å²) in [5, 5.41) is 28.5. The fraction of sp³-hybridized carbons (Fsp3) is 0.481. The molecule has 2 bridgehead atoms. The van der Waals surface area contributed by atoms with E-state index in [1.54, 1.807) is 24.7 Å². The van der Waals surface area contributed by atoms with Gasteiger partial charge in [-0.1, -0.05) is 23.9 Å². The largest absolute Gasteiger partial charge is 0.501 e. The van der Waals surface area contributed by atoms with Crippen LogP contribution in [-0.4, -0.2) is 77.3 Å². The predicted octanol–water partition coefficient (Wildman–Crippen LogP) is 0.616. The third-order valence-electron chi connectivity index (χ3n) is 8.16. The maximum Gasteiger partial charge on any atom is 0.311 e. The Morgan fingerprint density at radius 1 is 1.19 bits per heavy atom. The first kappa shape index (κ1) is 30.1. The molecule has 3 aromatic rings. The summed E-state index contributed by atoms with van der Waals surface area (Å²) in [6, 6.07) is 4.38. The molecule has 1 aliphatic carbocycles. The topological polar surface area (TPSA) is 177 Å². The number of aromatic nitrogens is 6. The second-order valence-corrected chi connectivity index (χ2v) is 12.3. The van der Waals surface area contributed by atoms with Crippen LogP contribution in [0.3, 0.4) is 0 Å². The molecule has 6 rings (SSSR count). The minimum absolute atomic E-state index is 0.00402. The fourth-order valence-electron chi connectivity index (χ4n) is 5.63. The van der Waals surface area contributed by atoms with Gasteiger partial charge in [-0.25, -0.2) is 14.1 Å². The molecule has 16 heteroatoms. The van der Waals surface area contributed by atoms with Crippen molar-refractivity contribution in [1.29, 1.82) is 0 Å². The highest BCUT2D eigenvalue weighted by atomic mass is 32.2. The van der Waals surface area contributed by atoms with Gasteiger partial charge in [-0.15, -0.1) is 5.10 Å². The molecule has 2 aliphatic heterocycles. The monoisotopic (exact) mass is 613 g/mol. The van der Waals surface area contributed by atoms with Crippen molar-refractivity contribution < 1.29 is 23.9 Å². The van der Waals surface area contributed by atoms with Crippen molar-refractivity contribution in [3.05, 3.63) is 57.0 Å². The third kappa shape index (κ3) is 5.70. The van der Waals surface area contributed by atoms with E-state index in [0.29, 0.717) is 47.7 Å². The van der Waals surface area contributed by atoms with Gasteiger partial charge in [-0.3, -0.25) is 23.7 Å². The maximum atomic E-state index is 13.7. The summed E-state index contributed by atoms with van der Waals surface area (Å²) < 4.78 is 16.5. The van der Waals surface area contributed by atoms with Crippen molar-refractivity contribution in [2.75, 3.05) is 19.8 Å². The van der Waals surface area contributed by atoms with Crippen LogP contribution in [0.25, 0.3) is 0 Å². The number of aryl methyl sites for hydroxylation is 2. The molecule has 3 aliphatic rings. The number of nitrogens with one attached hydrogen (secondary N) is 2. The number of benzene rings is 1. The molecule has 3 amide bonds. The van der Waals surface area contributed by atoms with Crippen LogP contribution in [0.15, 0.2) is 28.2 Å². The normalized spacial score (nSPS) is 20.7. The maximum absolute atomic E-state index is 13.7. The quantitative estimate of drug-likeness (QED) is 0.253. The summed E-state index contributed by atoms with van der Waals surface area (Å²) in [5.74, 6) is -3.04. The molecule has 1 saturated carbocycles. The lowest BCUT2D eigenvalue weighted by molar-refractivity contribution is -0.145. The lowest BCUT2D eigenvalue weighted by Gasteiger charge is -2.42. The highest BCUT2D eigenvalue weighted by molar-refractivity contribution is 7.99. The number of tetrazole rings is 1. The van der Waals surface area contributed by atoms with Gasteiger partial charge in [0.2, 0.25) is 10.9 Å². The molecule has 0 saturated heterocycles. The number of amides is 3. The van der Waals surface area contributed by atoms with E-state index in [4.69, 9.17) is 0 Å². The highest BCUT2D eigenvalue weighted by Gasteiger charge is 2.52. The van der Waals surface area contributed by atoms with Crippen molar-refractivity contribution >= 4 is 29.5 Å². The summed E-state index contributed by atoms with van der Waals surface area (Å²) in [7, 11) is 4.63. The van der Waals surface area contributed by atoms with Gasteiger partial charge < -0.3 is 20.6 Å². The Balaban J connectivity index is 1.52. The summed E-state index contributed by atoms with van der Waals surface area (Å²) in [5.41, 5.74) is -2.01. The molecule has 228 valence electrons. The van der Waals surface area contributed by atoms with E-state index in [0.717, 1.165) is 4.90 Å². The van der Waals surface area contributed by atoms with Crippen LogP contribution >= 0.6 is 11.8 Å². The molecule has 1 fully saturated rings. The number of carbonyl (C=O) groups excluding carboxylic acids is 3. The zero-order valence-electron chi connectivity index (χ0n) is 24.2. The Bertz CT molecular complexity index is 1660. The van der Waals surface area contributed by atoms with Gasteiger partial charge in [-0.2, -0.15) is 0 Å². The second-order valence-electron chi connectivity index (χ2n) is 11.4. The summed E-state index contributed by atoms with van der Waals surface area (Å²) >= 11 is 1.43. The smallest absolute Gasteiger partial charge is 0.311 e. The van der Waals surface area contributed by atoms with Crippen molar-refractivity contribution in [2.45, 2.75) is 56.4 Å². The van der Waals surface area contributed by atoms with E-state index in [1.165, 1.54) is 42.6 Å². The van der Waals surface area contributed by atoms with Crippen LogP contribution in [0.5, 0.6) is 5.75 Å². The molecular weight excluding hydrogens is 581 g/mol. The number of hydrogen-bond acceptors (Lipinski definition) is 10. The van der Waals surface area contributed by atoms with Crippen LogP contribution in [-0.2, 0) is 35.3 Å². The first-order valence-electron chi connectivity index (χ1n) is 13.6. The zero-order chi connectivity index (χ0) is 31.1. The zero-order valence-corrected chi connectivity index (χ0v) is 25.0. The standard InChI is InChI=1S/C27H32FN9O5S/c1-15-11-16(5-6-17(15)28)12-29-20(39)18-19(38)22(41)37-13-26(14-43-25-32-33-34-36(25)4)7-9-27(10-8-26,24(37)30-18)31-21(40)23(42)35(2)3/h5-6,11,38H,7-10,12-14H2,1-4H3,(H,29,39)(H,31,40). The lowest BCUT2D eigenvalue weighted by atomic mass is 9.69. The minimum Gasteiger partial charge on any atom is -0.501 e. The Hall–Kier alpha value is -4.34. The van der Waals surface area contributed by atoms with Gasteiger partial charge in [0.15, 0.2) is 5.69 Å². The molecule has 43 heavy (non-hydrogen) atoms. The number of carbonyl (C=O) groups is 3. The van der Waals surface area contributed by atoms with Gasteiger partial charge in [0, 0.05) is 40.0 Å². The van der Waals surface area contributed by atoms with E-state index in [-0.39, 0.29) is 24.7 Å². The van der Waals surface area contributed by atoms with Crippen molar-refractivity contribution in [3.8, 4) is 5.75 Å². The Kier molecular flexibility index (Phi) is 7.98. The fourth-order valence-corrected chi connectivity index (χ4v) is 6.76. The van der Waals surface area contributed by atoms with E-state index in [9.17, 15) is 28.7 Å². The van der Waals surface area contributed by atoms with Crippen LogP contribution < -0.4 is 16.2 Å². The van der Waals surface area contributed by atoms with Gasteiger partial charge in [0.1, 0.15) is 11.6 Å². The number of halogens is 1. The van der Waals surface area contributed by atoms with Crippen LogP contribution in [0.4, 0.5) is 4.39 Å². The highest BCUT2D eigenvalue weighted by Crippen LogP contribution is 2.51. The first-order valence-corrected chi connectivity index (χ1v) is 14.6. The Labute approximate surface area is 250 Å². The van der Waals surface area contributed by atoms with Gasteiger partial charge in [0.25, 0.3) is 11.5 Å². The number of aromatic hydroxyl groups is 1. The Morgan fingerprint density at radius 3 is 2.53 bits per heavy atom. The molecule has 2 aromatic heterocycles. The van der Waals surface area contributed by atoms with Crippen LogP contribution in [0, 0.1) is 18.2 Å². The number of nitrogens with zero attached hydrogens (tertiary/aromatic N) is 7. The number of rotatable bonds is 7. The van der Waals surface area contributed by atoms with Gasteiger partial charge >= 0.3 is 11.8 Å². The number of hydrogen-bond donors (Lipinski definition) is 3. The molecule has 0 spiro atoms. The van der Waals surface area contributed by atoms with E-state index in [2.05, 4.69) is 31.1 Å². The van der Waals surface area contributed by atoms with Crippen LogP contribution in [0.1, 0.15) is 53.1 Å². The van der Waals surface area contributed by atoms with E-state index in [1.807, 2.05) is 0 Å². The van der Waals surface area contributed by atoms with Crippen molar-refractivity contribution in [1.82, 2.24) is 45.3 Å². The number of thioether (sulfide) groups is 1. The molecule has 3 N–H and O–H groups in total. The van der Waals surface area contributed by atoms with E-state index >= 15 is 0 Å². The Morgan fingerprint density at radius 2 is 1.91 bits per heavy atom. The minimum atomic E-state index is -1.24. The second kappa shape index (κ2) is 11.4. The first-order chi connectivity index (χ1) is 20.3. The van der Waals surface area contributed by atoms with Crippen molar-refractivity contribution in [2.24, 2.45) is 12.5 Å². The molecular formula is C27H32FN9O5S. The van der Waals surface area contributed by atoms with Crippen LogP contribution in [0.2, 0.25) is 0 Å². The average Bonchev–Trinajstić information content (AvgIpc) is 3.28. The van der Waals surface area contributed by atoms with Crippen molar-refractivity contribution in [3.63, 3.8) is 0 Å². The molecule has 4 heterocycles. The van der Waals surface area contributed by atoms with Gasteiger partial charge in [-0.05, 0) is 65.6 Å². The number of fused-ring (bicyclic) bond motifs is 2. The lowest BCUT2D eigenvalue weighted by Crippen LogP contribution is -2.54. The molecule has 14 nitrogen and oxygen atoms in total. The SMILES string of the molecule is Cc1cc(CNC(=O)c2nc3n(c(=O)c2O)CC2(CSc4nnnn4C)CCC3(NC(=O)C(=O)N(C)C)CC2)ccc1F. The predicted molar refractivity (Wildman–Crippen MR) is 151 cm³/mol. The average molecular weight is 614 g/mol. The third-order valence-corrected chi connectivity index (χ3v) is 9.52. The summed E-state index contributed by atoms with van der Waals surface area (Å²) in [4.78, 5) is 58.2. The molecule has 0 radical (unpaired) electrons. The van der Waals surface area contributed by atoms with Gasteiger partial charge in [0.05, 0.1) is 5.54 Å². The number of likely N-dealkylation sites (N-methyl/N-ethyl adjacent to an activating group) is 1. The van der Waals surface area contributed by atoms with E-state index < -0.39 is 45.7 Å². The molecule has 0 atom stereocenters. The summed E-state index contributed by atoms with van der Waals surface area (Å²) in [6.45, 7) is 1.76.